The molecule has 20 heavy (non-hydrogen) atoms. The van der Waals surface area contributed by atoms with E-state index in [0.717, 1.165) is 0 Å². The van der Waals surface area contributed by atoms with Crippen LogP contribution in [-0.4, -0.2) is 40.5 Å². The summed E-state index contributed by atoms with van der Waals surface area (Å²) in [6.07, 6.45) is 0. The van der Waals surface area contributed by atoms with Crippen molar-refractivity contribution < 1.29 is 17.9 Å². The van der Waals surface area contributed by atoms with E-state index in [1.807, 2.05) is 4.90 Å². The van der Waals surface area contributed by atoms with Crippen molar-refractivity contribution >= 4 is 38.9 Å². The van der Waals surface area contributed by atoms with Crippen molar-refractivity contribution in [3.05, 3.63) is 22.2 Å². The normalized spacial score (nSPS) is 26.1. The fourth-order valence-corrected chi connectivity index (χ4v) is 3.64. The van der Waals surface area contributed by atoms with E-state index in [-0.39, 0.29) is 14.9 Å². The summed E-state index contributed by atoms with van der Waals surface area (Å²) < 4.78 is 33.6. The number of anilines is 1. The molecule has 2 aliphatic rings. The Kier molecular flexibility index (Phi) is 3.39. The lowest BCUT2D eigenvalue weighted by molar-refractivity contribution is -0.0518. The molecule has 2 N–H and O–H groups in total. The van der Waals surface area contributed by atoms with Crippen LogP contribution in [0.1, 0.15) is 0 Å². The molecule has 2 saturated heterocycles. The second kappa shape index (κ2) is 4.72. The van der Waals surface area contributed by atoms with Crippen LogP contribution in [0.2, 0.25) is 10.0 Å². The third kappa shape index (κ3) is 2.61. The van der Waals surface area contributed by atoms with E-state index in [0.29, 0.717) is 32.0 Å². The Morgan fingerprint density at radius 2 is 1.95 bits per heavy atom. The van der Waals surface area contributed by atoms with Crippen molar-refractivity contribution in [2.45, 2.75) is 10.7 Å². The molecule has 1 unspecified atom stereocenters. The zero-order chi connectivity index (χ0) is 14.5. The Morgan fingerprint density at radius 3 is 2.55 bits per heavy atom. The van der Waals surface area contributed by atoms with E-state index < -0.39 is 15.8 Å². The fraction of sp³-hybridized carbons (Fsp3) is 0.455. The molecule has 1 atom stereocenters. The number of hydrogen-bond acceptors (Lipinski definition) is 5. The van der Waals surface area contributed by atoms with Gasteiger partial charge in [-0.05, 0) is 12.1 Å². The van der Waals surface area contributed by atoms with Gasteiger partial charge in [0, 0.05) is 6.54 Å². The summed E-state index contributed by atoms with van der Waals surface area (Å²) in [5, 5.41) is 5.40. The van der Waals surface area contributed by atoms with Gasteiger partial charge < -0.3 is 14.4 Å². The molecule has 0 saturated carbocycles. The topological polar surface area (TPSA) is 85.2 Å². The van der Waals surface area contributed by atoms with E-state index >= 15 is 0 Å². The van der Waals surface area contributed by atoms with Gasteiger partial charge >= 0.3 is 0 Å². The third-order valence-corrected chi connectivity index (χ3v) is 4.95. The highest BCUT2D eigenvalue weighted by Gasteiger charge is 2.50. The van der Waals surface area contributed by atoms with Crippen LogP contribution in [0.25, 0.3) is 0 Å². The third-order valence-electron chi connectivity index (χ3n) is 3.27. The lowest BCUT2D eigenvalue weighted by Crippen LogP contribution is -2.45. The van der Waals surface area contributed by atoms with Gasteiger partial charge in [0.25, 0.3) is 0 Å². The van der Waals surface area contributed by atoms with Gasteiger partial charge in [-0.1, -0.05) is 23.2 Å². The lowest BCUT2D eigenvalue weighted by atomic mass is 10.2. The molecular weight excluding hydrogens is 327 g/mol. The fourth-order valence-electron chi connectivity index (χ4n) is 2.20. The highest BCUT2D eigenvalue weighted by atomic mass is 35.5. The van der Waals surface area contributed by atoms with Gasteiger partial charge in [-0.2, -0.15) is 0 Å². The van der Waals surface area contributed by atoms with E-state index in [2.05, 4.69) is 0 Å². The van der Waals surface area contributed by atoms with Crippen molar-refractivity contribution in [3.63, 3.8) is 0 Å². The SMILES string of the molecule is NS(=O)(=O)c1cc(Cl)c(N2CCOC3(CO3)C2)cc1Cl. The molecule has 2 aliphatic heterocycles. The maximum Gasteiger partial charge on any atom is 0.239 e. The Hall–Kier alpha value is -0.570. The van der Waals surface area contributed by atoms with E-state index in [4.69, 9.17) is 37.8 Å². The number of ether oxygens (including phenoxy) is 2. The first-order chi connectivity index (χ1) is 9.31. The maximum absolute atomic E-state index is 11.4. The van der Waals surface area contributed by atoms with E-state index in [1.165, 1.54) is 12.1 Å². The number of nitrogens with two attached hydrogens (primary N) is 1. The Bertz CT molecular complexity index is 661. The minimum absolute atomic E-state index is 0.0455. The second-order valence-electron chi connectivity index (χ2n) is 4.75. The van der Waals surface area contributed by atoms with Crippen LogP contribution < -0.4 is 10.0 Å². The maximum atomic E-state index is 11.4. The summed E-state index contributed by atoms with van der Waals surface area (Å²) in [7, 11) is -3.90. The molecule has 0 bridgehead atoms. The molecule has 1 spiro atoms. The van der Waals surface area contributed by atoms with Crippen molar-refractivity contribution in [1.82, 2.24) is 0 Å². The highest BCUT2D eigenvalue weighted by molar-refractivity contribution is 7.89. The number of primary sulfonamides is 1. The lowest BCUT2D eigenvalue weighted by Gasteiger charge is -2.33. The quantitative estimate of drug-likeness (QED) is 0.819. The second-order valence-corrected chi connectivity index (χ2v) is 7.09. The summed E-state index contributed by atoms with van der Waals surface area (Å²) in [5.74, 6) is -0.549. The molecule has 2 fully saturated rings. The minimum Gasteiger partial charge on any atom is -0.362 e. The number of sulfonamides is 1. The molecule has 1 aromatic rings. The zero-order valence-corrected chi connectivity index (χ0v) is 12.6. The van der Waals surface area contributed by atoms with Gasteiger partial charge in [0.15, 0.2) is 0 Å². The number of rotatable bonds is 2. The average molecular weight is 339 g/mol. The van der Waals surface area contributed by atoms with E-state index in [1.54, 1.807) is 0 Å². The Labute approximate surface area is 126 Å². The largest absolute Gasteiger partial charge is 0.362 e. The molecule has 0 radical (unpaired) electrons. The summed E-state index contributed by atoms with van der Waals surface area (Å²) in [6.45, 7) is 2.20. The van der Waals surface area contributed by atoms with E-state index in [9.17, 15) is 8.42 Å². The standard InChI is InChI=1S/C11H12Cl2N2O4S/c12-7-4-10(20(14,16)17)8(13)3-9(7)15-1-2-18-11(5-15)6-19-11/h3-4H,1-2,5-6H2,(H2,14,16,17). The summed E-state index contributed by atoms with van der Waals surface area (Å²) >= 11 is 12.1. The predicted molar refractivity (Wildman–Crippen MR) is 74.7 cm³/mol. The molecule has 6 nitrogen and oxygen atoms in total. The first-order valence-corrected chi connectivity index (χ1v) is 8.16. The summed E-state index contributed by atoms with van der Waals surface area (Å²) in [5.41, 5.74) is 0.641. The number of hydrogen-bond donors (Lipinski definition) is 1. The van der Waals surface area contributed by atoms with Crippen LogP contribution in [-0.2, 0) is 19.5 Å². The molecule has 0 aromatic heterocycles. The van der Waals surface area contributed by atoms with Crippen LogP contribution in [0.3, 0.4) is 0 Å². The number of nitrogens with zero attached hydrogens (tertiary/aromatic N) is 1. The van der Waals surface area contributed by atoms with Gasteiger partial charge in [0.2, 0.25) is 15.8 Å². The van der Waals surface area contributed by atoms with Crippen LogP contribution >= 0.6 is 23.2 Å². The Morgan fingerprint density at radius 1 is 1.25 bits per heavy atom. The molecule has 0 aliphatic carbocycles. The zero-order valence-electron chi connectivity index (χ0n) is 10.3. The molecule has 9 heteroatoms. The predicted octanol–water partition coefficient (Wildman–Crippen LogP) is 1.20. The molecule has 3 rings (SSSR count). The number of epoxide rings is 1. The van der Waals surface area contributed by atoms with Gasteiger partial charge in [-0.25, -0.2) is 13.6 Å². The summed E-state index contributed by atoms with van der Waals surface area (Å²) in [4.78, 5) is 1.77. The van der Waals surface area contributed by atoms with Gasteiger partial charge in [-0.15, -0.1) is 0 Å². The van der Waals surface area contributed by atoms with Gasteiger partial charge in [0.05, 0.1) is 28.9 Å². The van der Waals surface area contributed by atoms with Crippen LogP contribution in [0.4, 0.5) is 5.69 Å². The highest BCUT2D eigenvalue weighted by Crippen LogP contribution is 2.38. The van der Waals surface area contributed by atoms with Crippen molar-refractivity contribution in [2.75, 3.05) is 31.2 Å². The van der Waals surface area contributed by atoms with Crippen LogP contribution in [0.5, 0.6) is 0 Å². The van der Waals surface area contributed by atoms with Crippen molar-refractivity contribution in [2.24, 2.45) is 5.14 Å². The van der Waals surface area contributed by atoms with Crippen LogP contribution in [0, 0.1) is 0 Å². The average Bonchev–Trinajstić information content (AvgIpc) is 3.09. The molecule has 110 valence electrons. The number of halogens is 2. The van der Waals surface area contributed by atoms with Crippen LogP contribution in [0.15, 0.2) is 17.0 Å². The minimum atomic E-state index is -3.90. The van der Waals surface area contributed by atoms with Crippen molar-refractivity contribution in [3.8, 4) is 0 Å². The smallest absolute Gasteiger partial charge is 0.239 e. The van der Waals surface area contributed by atoms with Gasteiger partial charge in [0.1, 0.15) is 11.5 Å². The number of morpholine rings is 1. The first kappa shape index (κ1) is 14.4. The molecule has 2 heterocycles. The summed E-state index contributed by atoms with van der Waals surface area (Å²) in [6, 6.07) is 2.77. The van der Waals surface area contributed by atoms with Crippen molar-refractivity contribution in [1.29, 1.82) is 0 Å². The number of benzene rings is 1. The Balaban J connectivity index is 1.96. The monoisotopic (exact) mass is 338 g/mol. The molecular formula is C11H12Cl2N2O4S. The molecule has 1 aromatic carbocycles. The molecule has 0 amide bonds. The first-order valence-electron chi connectivity index (χ1n) is 5.85. The van der Waals surface area contributed by atoms with Gasteiger partial charge in [-0.3, -0.25) is 0 Å².